The lowest BCUT2D eigenvalue weighted by Crippen LogP contribution is -1.83. The van der Waals surface area contributed by atoms with Crippen LogP contribution in [0.25, 0.3) is 46.4 Å². The molecule has 5 rings (SSSR count). The van der Waals surface area contributed by atoms with Crippen molar-refractivity contribution in [2.45, 2.75) is 0 Å². The SMILES string of the molecule is Fc1c2nc(c(Cl)c3ccc(cc4nc(cc5ccc1[nH]5)C=C4)[nH]3)C=C2. The second-order valence-electron chi connectivity index (χ2n) is 6.08. The minimum atomic E-state index is -0.427. The molecule has 2 aliphatic heterocycles. The Labute approximate surface area is 152 Å². The van der Waals surface area contributed by atoms with Crippen LogP contribution in [0, 0.1) is 5.82 Å². The van der Waals surface area contributed by atoms with Crippen molar-refractivity contribution in [3.05, 3.63) is 70.0 Å². The normalized spacial score (nSPS) is 12.7. The molecule has 4 nitrogen and oxygen atoms in total. The van der Waals surface area contributed by atoms with Gasteiger partial charge in [-0.15, -0.1) is 0 Å². The number of fused-ring (bicyclic) bond motifs is 8. The summed E-state index contributed by atoms with van der Waals surface area (Å²) >= 11 is 6.45. The van der Waals surface area contributed by atoms with E-state index in [0.717, 1.165) is 27.9 Å². The van der Waals surface area contributed by atoms with Crippen molar-refractivity contribution in [3.8, 4) is 0 Å². The molecule has 0 fully saturated rings. The molecular weight excluding hydrogens is 351 g/mol. The van der Waals surface area contributed by atoms with Crippen molar-refractivity contribution < 1.29 is 4.39 Å². The highest BCUT2D eigenvalue weighted by Gasteiger charge is 2.10. The maximum atomic E-state index is 14.8. The summed E-state index contributed by atoms with van der Waals surface area (Å²) in [7, 11) is 0. The van der Waals surface area contributed by atoms with Crippen LogP contribution in [0.15, 0.2) is 36.4 Å². The molecule has 0 aliphatic carbocycles. The van der Waals surface area contributed by atoms with E-state index in [1.54, 1.807) is 18.2 Å². The number of halogens is 2. The standard InChI is InChI=1S/C20H12ClFN4/c21-19-15-5-3-13(24-15)9-11-1-2-12(23-11)10-14-4-6-17(25-14)20(22)18-8-7-16(19)26-18/h1-10,24-25H. The summed E-state index contributed by atoms with van der Waals surface area (Å²) in [6.07, 6.45) is 7.17. The van der Waals surface area contributed by atoms with Gasteiger partial charge in [0, 0.05) is 11.0 Å². The summed E-state index contributed by atoms with van der Waals surface area (Å²) in [6, 6.07) is 11.1. The molecule has 0 radical (unpaired) electrons. The Bertz CT molecular complexity index is 1170. The highest BCUT2D eigenvalue weighted by atomic mass is 35.5. The molecule has 0 saturated carbocycles. The zero-order valence-corrected chi connectivity index (χ0v) is 14.2. The Hall–Kier alpha value is -3.18. The average molecular weight is 363 g/mol. The number of hydrogen-bond acceptors (Lipinski definition) is 2. The Morgan fingerprint density at radius 2 is 1.35 bits per heavy atom. The first-order valence-electron chi connectivity index (χ1n) is 8.07. The van der Waals surface area contributed by atoms with E-state index in [1.807, 2.05) is 42.5 Å². The van der Waals surface area contributed by atoms with E-state index in [2.05, 4.69) is 19.9 Å². The van der Waals surface area contributed by atoms with Gasteiger partial charge in [-0.1, -0.05) is 11.6 Å². The van der Waals surface area contributed by atoms with Crippen LogP contribution in [0.1, 0.15) is 22.8 Å². The molecule has 6 heteroatoms. The van der Waals surface area contributed by atoms with Gasteiger partial charge in [0.25, 0.3) is 0 Å². The van der Waals surface area contributed by atoms with Crippen LogP contribution in [0.2, 0.25) is 5.02 Å². The summed E-state index contributed by atoms with van der Waals surface area (Å²) in [4.78, 5) is 15.2. The van der Waals surface area contributed by atoms with Crippen LogP contribution < -0.4 is 0 Å². The number of nitrogens with one attached hydrogen (secondary N) is 2. The highest BCUT2D eigenvalue weighted by molar-refractivity contribution is 6.35. The number of hydrogen-bond donors (Lipinski definition) is 2. The maximum Gasteiger partial charge on any atom is 0.172 e. The number of H-pyrrole nitrogens is 2. The van der Waals surface area contributed by atoms with Crippen LogP contribution in [0.4, 0.5) is 4.39 Å². The molecular formula is C20H12ClFN4. The maximum absolute atomic E-state index is 14.8. The molecule has 8 bridgehead atoms. The third kappa shape index (κ3) is 2.53. The Kier molecular flexibility index (Phi) is 3.30. The summed E-state index contributed by atoms with van der Waals surface area (Å²) < 4.78 is 14.8. The number of aromatic nitrogens is 4. The highest BCUT2D eigenvalue weighted by Crippen LogP contribution is 2.25. The van der Waals surface area contributed by atoms with Crippen molar-refractivity contribution in [2.24, 2.45) is 0 Å². The van der Waals surface area contributed by atoms with E-state index in [0.29, 0.717) is 16.2 Å². The summed E-state index contributed by atoms with van der Waals surface area (Å²) in [5.74, 6) is -0.427. The van der Waals surface area contributed by atoms with Gasteiger partial charge < -0.3 is 9.97 Å². The van der Waals surface area contributed by atoms with Crippen LogP contribution >= 0.6 is 11.6 Å². The van der Waals surface area contributed by atoms with E-state index in [9.17, 15) is 4.39 Å². The summed E-state index contributed by atoms with van der Waals surface area (Å²) in [5, 5.41) is 0.437. The second kappa shape index (κ2) is 5.68. The van der Waals surface area contributed by atoms with E-state index in [4.69, 9.17) is 11.6 Å². The van der Waals surface area contributed by atoms with Crippen molar-refractivity contribution in [1.82, 2.24) is 19.9 Å². The molecule has 5 heterocycles. The topological polar surface area (TPSA) is 57.4 Å². The molecule has 2 N–H and O–H groups in total. The lowest BCUT2D eigenvalue weighted by atomic mass is 10.3. The van der Waals surface area contributed by atoms with Gasteiger partial charge >= 0.3 is 0 Å². The van der Waals surface area contributed by atoms with Gasteiger partial charge in [-0.25, -0.2) is 14.4 Å². The van der Waals surface area contributed by atoms with Gasteiger partial charge in [-0.3, -0.25) is 0 Å². The van der Waals surface area contributed by atoms with E-state index in [1.165, 1.54) is 0 Å². The molecule has 2 aliphatic rings. The fourth-order valence-corrected chi connectivity index (χ4v) is 3.22. The number of aromatic amines is 2. The monoisotopic (exact) mass is 362 g/mol. The van der Waals surface area contributed by atoms with Crippen LogP contribution in [-0.2, 0) is 0 Å². The first kappa shape index (κ1) is 15.1. The van der Waals surface area contributed by atoms with Crippen LogP contribution in [-0.4, -0.2) is 19.9 Å². The summed E-state index contributed by atoms with van der Waals surface area (Å²) in [5.41, 5.74) is 5.11. The van der Waals surface area contributed by atoms with Gasteiger partial charge in [0.2, 0.25) is 0 Å². The van der Waals surface area contributed by atoms with Gasteiger partial charge in [-0.05, 0) is 60.7 Å². The van der Waals surface area contributed by atoms with E-state index >= 15 is 0 Å². The molecule has 3 aromatic heterocycles. The predicted molar refractivity (Wildman–Crippen MR) is 104 cm³/mol. The van der Waals surface area contributed by atoms with Gasteiger partial charge in [-0.2, -0.15) is 0 Å². The molecule has 0 atom stereocenters. The van der Waals surface area contributed by atoms with Crippen molar-refractivity contribution in [1.29, 1.82) is 0 Å². The molecule has 3 aromatic rings. The number of nitrogens with zero attached hydrogens (tertiary/aromatic N) is 2. The molecule has 0 amide bonds. The zero-order chi connectivity index (χ0) is 17.7. The van der Waals surface area contributed by atoms with E-state index in [-0.39, 0.29) is 5.69 Å². The van der Waals surface area contributed by atoms with Gasteiger partial charge in [0.05, 0.1) is 33.1 Å². The Balaban J connectivity index is 1.91. The van der Waals surface area contributed by atoms with E-state index < -0.39 is 5.82 Å². The largest absolute Gasteiger partial charge is 0.354 e. The van der Waals surface area contributed by atoms with Gasteiger partial charge in [0.15, 0.2) is 5.82 Å². The van der Waals surface area contributed by atoms with Crippen molar-refractivity contribution in [3.63, 3.8) is 0 Å². The quantitative estimate of drug-likeness (QED) is 0.385. The lowest BCUT2D eigenvalue weighted by molar-refractivity contribution is 0.629. The lowest BCUT2D eigenvalue weighted by Gasteiger charge is -1.91. The Morgan fingerprint density at radius 3 is 2.08 bits per heavy atom. The van der Waals surface area contributed by atoms with Crippen LogP contribution in [0.5, 0.6) is 0 Å². The average Bonchev–Trinajstić information content (AvgIpc) is 3.41. The first-order chi connectivity index (χ1) is 12.7. The fourth-order valence-electron chi connectivity index (χ4n) is 3.00. The van der Waals surface area contributed by atoms with Crippen molar-refractivity contribution in [2.75, 3.05) is 0 Å². The minimum absolute atomic E-state index is 0.241. The molecule has 0 unspecified atom stereocenters. The fraction of sp³-hybridized carbons (Fsp3) is 0. The predicted octanol–water partition coefficient (Wildman–Crippen LogP) is 5.45. The first-order valence-corrected chi connectivity index (χ1v) is 8.45. The van der Waals surface area contributed by atoms with Crippen molar-refractivity contribution >= 4 is 58.0 Å². The Morgan fingerprint density at radius 1 is 0.731 bits per heavy atom. The third-order valence-electron chi connectivity index (χ3n) is 4.27. The molecule has 0 spiro atoms. The van der Waals surface area contributed by atoms with Crippen LogP contribution in [0.3, 0.4) is 0 Å². The molecule has 26 heavy (non-hydrogen) atoms. The second-order valence-corrected chi connectivity index (χ2v) is 6.46. The minimum Gasteiger partial charge on any atom is -0.354 e. The summed E-state index contributed by atoms with van der Waals surface area (Å²) in [6.45, 7) is 0. The zero-order valence-electron chi connectivity index (χ0n) is 13.4. The molecule has 126 valence electrons. The third-order valence-corrected chi connectivity index (χ3v) is 4.67. The molecule has 0 saturated heterocycles. The van der Waals surface area contributed by atoms with Gasteiger partial charge in [0.1, 0.15) is 5.69 Å². The smallest absolute Gasteiger partial charge is 0.172 e. The number of rotatable bonds is 0. The molecule has 0 aromatic carbocycles.